The molecule has 0 unspecified atom stereocenters. The highest BCUT2D eigenvalue weighted by atomic mass is 35.5. The first-order valence-electron chi connectivity index (χ1n) is 6.30. The van der Waals surface area contributed by atoms with Gasteiger partial charge in [0.25, 0.3) is 0 Å². The Labute approximate surface area is 133 Å². The van der Waals surface area contributed by atoms with E-state index in [1.165, 1.54) is 12.0 Å². The summed E-state index contributed by atoms with van der Waals surface area (Å²) in [7, 11) is -1.61. The van der Waals surface area contributed by atoms with E-state index in [4.69, 9.17) is 27.9 Å². The Bertz CT molecular complexity index is 648. The quantitative estimate of drug-likeness (QED) is 0.779. The summed E-state index contributed by atoms with van der Waals surface area (Å²) in [5.74, 6) is -0.0547. The number of hydrogen-bond acceptors (Lipinski definition) is 4. The molecule has 0 aliphatic carbocycles. The lowest BCUT2D eigenvalue weighted by Gasteiger charge is -2.28. The van der Waals surface area contributed by atoms with Gasteiger partial charge in [-0.1, -0.05) is 11.6 Å². The fraction of sp³-hybridized carbons (Fsp3) is 0.462. The Kier molecular flexibility index (Phi) is 5.01. The molecule has 2 rings (SSSR count). The largest absolute Gasteiger partial charge is 0.497 e. The Morgan fingerprint density at radius 2 is 2.19 bits per heavy atom. The number of methoxy groups -OCH3 is 1. The molecule has 1 aromatic carbocycles. The van der Waals surface area contributed by atoms with Crippen molar-refractivity contribution in [3.8, 4) is 5.75 Å². The van der Waals surface area contributed by atoms with Crippen molar-refractivity contribution in [3.05, 3.63) is 23.2 Å². The number of carbonyl (C=O) groups is 1. The van der Waals surface area contributed by atoms with Gasteiger partial charge in [0.05, 0.1) is 35.4 Å². The van der Waals surface area contributed by atoms with Crippen LogP contribution in [-0.2, 0) is 14.6 Å². The normalized spacial score (nSPS) is 20.2. The number of carbonyl (C=O) groups excluding carboxylic acids is 1. The Morgan fingerprint density at radius 3 is 2.67 bits per heavy atom. The van der Waals surface area contributed by atoms with Crippen molar-refractivity contribution in [3.63, 3.8) is 0 Å². The first-order chi connectivity index (χ1) is 9.88. The third kappa shape index (κ3) is 3.62. The summed E-state index contributed by atoms with van der Waals surface area (Å²) in [5.41, 5.74) is 0.449. The van der Waals surface area contributed by atoms with Crippen molar-refractivity contribution in [1.29, 1.82) is 0 Å². The smallest absolute Gasteiger partial charge is 0.242 e. The van der Waals surface area contributed by atoms with Crippen LogP contribution < -0.4 is 9.64 Å². The summed E-state index contributed by atoms with van der Waals surface area (Å²) >= 11 is 11.8. The number of sulfone groups is 1. The van der Waals surface area contributed by atoms with Crippen LogP contribution in [0, 0.1) is 0 Å². The molecule has 116 valence electrons. The summed E-state index contributed by atoms with van der Waals surface area (Å²) in [6, 6.07) is 4.44. The second kappa shape index (κ2) is 6.42. The average Bonchev–Trinajstić information content (AvgIpc) is 2.80. The van der Waals surface area contributed by atoms with Gasteiger partial charge in [-0.15, -0.1) is 11.6 Å². The summed E-state index contributed by atoms with van der Waals surface area (Å²) in [5, 5.41) is 0.317. The molecule has 21 heavy (non-hydrogen) atoms. The summed E-state index contributed by atoms with van der Waals surface area (Å²) in [6.07, 6.45) is 0.382. The zero-order chi connectivity index (χ0) is 15.6. The van der Waals surface area contributed by atoms with Crippen molar-refractivity contribution in [1.82, 2.24) is 0 Å². The monoisotopic (exact) mass is 351 g/mol. The van der Waals surface area contributed by atoms with Crippen LogP contribution >= 0.6 is 23.2 Å². The van der Waals surface area contributed by atoms with Gasteiger partial charge in [0.1, 0.15) is 11.6 Å². The molecule has 0 bridgehead atoms. The number of alkyl halides is 1. The van der Waals surface area contributed by atoms with Crippen LogP contribution in [0.1, 0.15) is 6.42 Å². The van der Waals surface area contributed by atoms with E-state index in [1.807, 2.05) is 0 Å². The van der Waals surface area contributed by atoms with Gasteiger partial charge < -0.3 is 9.64 Å². The fourth-order valence-electron chi connectivity index (χ4n) is 2.39. The molecule has 1 aliphatic heterocycles. The zero-order valence-corrected chi connectivity index (χ0v) is 13.7. The van der Waals surface area contributed by atoms with Gasteiger partial charge in [-0.25, -0.2) is 8.42 Å². The first-order valence-corrected chi connectivity index (χ1v) is 9.03. The van der Waals surface area contributed by atoms with Gasteiger partial charge in [-0.05, 0) is 18.6 Å². The number of ether oxygens (including phenoxy) is 1. The van der Waals surface area contributed by atoms with Gasteiger partial charge in [0, 0.05) is 6.07 Å². The van der Waals surface area contributed by atoms with Crippen LogP contribution in [0.4, 0.5) is 5.69 Å². The van der Waals surface area contributed by atoms with Crippen LogP contribution in [0.3, 0.4) is 0 Å². The molecule has 1 saturated heterocycles. The Hall–Kier alpha value is -0.980. The maximum absolute atomic E-state index is 12.1. The van der Waals surface area contributed by atoms with E-state index in [0.717, 1.165) is 0 Å². The number of rotatable bonds is 4. The lowest BCUT2D eigenvalue weighted by Crippen LogP contribution is -2.42. The third-order valence-electron chi connectivity index (χ3n) is 3.37. The van der Waals surface area contributed by atoms with Crippen molar-refractivity contribution in [2.24, 2.45) is 0 Å². The van der Waals surface area contributed by atoms with Crippen molar-refractivity contribution >= 4 is 44.6 Å². The molecule has 1 heterocycles. The number of halogens is 2. The highest BCUT2D eigenvalue weighted by Crippen LogP contribution is 2.33. The maximum Gasteiger partial charge on any atom is 0.242 e. The van der Waals surface area contributed by atoms with Gasteiger partial charge in [0.15, 0.2) is 9.84 Å². The van der Waals surface area contributed by atoms with E-state index < -0.39 is 15.9 Å². The van der Waals surface area contributed by atoms with Crippen molar-refractivity contribution in [2.75, 3.05) is 29.4 Å². The van der Waals surface area contributed by atoms with Gasteiger partial charge in [-0.2, -0.15) is 0 Å². The predicted octanol–water partition coefficient (Wildman–Crippen LogP) is 2.11. The SMILES string of the molecule is COc1ccc(N(C(=O)CCl)[C@@H]2CCS(=O)(=O)C2)c(Cl)c1. The van der Waals surface area contributed by atoms with E-state index in [9.17, 15) is 13.2 Å². The van der Waals surface area contributed by atoms with E-state index in [2.05, 4.69) is 0 Å². The molecule has 0 spiro atoms. The highest BCUT2D eigenvalue weighted by Gasteiger charge is 2.36. The van der Waals surface area contributed by atoms with Crippen LogP contribution in [0.2, 0.25) is 5.02 Å². The molecule has 1 aliphatic rings. The molecule has 1 fully saturated rings. The first kappa shape index (κ1) is 16.4. The summed E-state index contributed by atoms with van der Waals surface area (Å²) in [4.78, 5) is 13.5. The minimum Gasteiger partial charge on any atom is -0.497 e. The summed E-state index contributed by atoms with van der Waals surface area (Å²) in [6.45, 7) is 0. The third-order valence-corrected chi connectivity index (χ3v) is 5.65. The molecule has 1 aromatic rings. The molecule has 1 atom stereocenters. The molecule has 1 amide bonds. The molecular formula is C13H15Cl2NO4S. The number of hydrogen-bond donors (Lipinski definition) is 0. The second-order valence-electron chi connectivity index (χ2n) is 4.77. The molecule has 0 aromatic heterocycles. The fourth-order valence-corrected chi connectivity index (χ4v) is 4.48. The second-order valence-corrected chi connectivity index (χ2v) is 7.67. The highest BCUT2D eigenvalue weighted by molar-refractivity contribution is 7.91. The molecule has 0 N–H and O–H groups in total. The molecule has 8 heteroatoms. The van der Waals surface area contributed by atoms with Crippen molar-refractivity contribution < 1.29 is 17.9 Å². The van der Waals surface area contributed by atoms with E-state index >= 15 is 0 Å². The Balaban J connectivity index is 2.39. The standard InChI is InChI=1S/C13H15Cl2NO4S/c1-20-10-2-3-12(11(15)6-10)16(13(17)7-14)9-4-5-21(18,19)8-9/h2-3,6,9H,4-5,7-8H2,1H3/t9-/m1/s1. The van der Waals surface area contributed by atoms with Gasteiger partial charge in [-0.3, -0.25) is 4.79 Å². The van der Waals surface area contributed by atoms with Crippen LogP contribution in [0.5, 0.6) is 5.75 Å². The minimum atomic E-state index is -3.12. The van der Waals surface area contributed by atoms with Crippen LogP contribution in [-0.4, -0.2) is 44.9 Å². The maximum atomic E-state index is 12.1. The lowest BCUT2D eigenvalue weighted by molar-refractivity contribution is -0.116. The molecule has 0 radical (unpaired) electrons. The zero-order valence-electron chi connectivity index (χ0n) is 11.4. The molecule has 5 nitrogen and oxygen atoms in total. The number of anilines is 1. The number of nitrogens with zero attached hydrogens (tertiary/aromatic N) is 1. The summed E-state index contributed by atoms with van der Waals surface area (Å²) < 4.78 is 28.4. The number of amides is 1. The molecular weight excluding hydrogens is 337 g/mol. The van der Waals surface area contributed by atoms with Crippen molar-refractivity contribution in [2.45, 2.75) is 12.5 Å². The van der Waals surface area contributed by atoms with Gasteiger partial charge >= 0.3 is 0 Å². The van der Waals surface area contributed by atoms with E-state index in [0.29, 0.717) is 22.9 Å². The van der Waals surface area contributed by atoms with Crippen LogP contribution in [0.25, 0.3) is 0 Å². The predicted molar refractivity (Wildman–Crippen MR) is 83.3 cm³/mol. The lowest BCUT2D eigenvalue weighted by atomic mass is 10.1. The molecule has 0 saturated carbocycles. The van der Waals surface area contributed by atoms with E-state index in [-0.39, 0.29) is 23.3 Å². The van der Waals surface area contributed by atoms with Gasteiger partial charge in [0.2, 0.25) is 5.91 Å². The average molecular weight is 352 g/mol. The topological polar surface area (TPSA) is 63.7 Å². The Morgan fingerprint density at radius 1 is 1.48 bits per heavy atom. The van der Waals surface area contributed by atoms with Crippen LogP contribution in [0.15, 0.2) is 18.2 Å². The number of benzene rings is 1. The minimum absolute atomic E-state index is 0.0670. The van der Waals surface area contributed by atoms with E-state index in [1.54, 1.807) is 18.2 Å².